The molecule has 0 heterocycles. The molecule has 1 aromatic carbocycles. The van der Waals surface area contributed by atoms with Crippen molar-refractivity contribution < 1.29 is 9.90 Å². The number of benzene rings is 1. The molecule has 1 fully saturated rings. The van der Waals surface area contributed by atoms with Crippen LogP contribution in [-0.2, 0) is 11.2 Å². The lowest BCUT2D eigenvalue weighted by molar-refractivity contribution is -0.137. The Labute approximate surface area is 173 Å². The Bertz CT molecular complexity index is 570. The van der Waals surface area contributed by atoms with Crippen LogP contribution < -0.4 is 0 Å². The van der Waals surface area contributed by atoms with Crippen molar-refractivity contribution in [2.24, 2.45) is 5.92 Å². The van der Waals surface area contributed by atoms with E-state index in [-0.39, 0.29) is 6.42 Å². The van der Waals surface area contributed by atoms with Gasteiger partial charge in [0.2, 0.25) is 0 Å². The van der Waals surface area contributed by atoms with E-state index in [1.165, 1.54) is 93.7 Å². The maximum absolute atomic E-state index is 10.7. The molecule has 1 aromatic rings. The molecule has 158 valence electrons. The molecule has 0 spiro atoms. The van der Waals surface area contributed by atoms with Crippen LogP contribution in [0.3, 0.4) is 0 Å². The van der Waals surface area contributed by atoms with Crippen LogP contribution >= 0.6 is 0 Å². The third-order valence-corrected chi connectivity index (χ3v) is 6.69. The molecular weight excluding hydrogens is 344 g/mol. The number of aryl methyl sites for hydroxylation is 2. The summed E-state index contributed by atoms with van der Waals surface area (Å²) < 4.78 is 0. The fourth-order valence-corrected chi connectivity index (χ4v) is 4.95. The number of rotatable bonds is 13. The minimum Gasteiger partial charge on any atom is -0.481 e. The first-order chi connectivity index (χ1) is 13.6. The van der Waals surface area contributed by atoms with Gasteiger partial charge < -0.3 is 5.11 Å². The Morgan fingerprint density at radius 1 is 0.964 bits per heavy atom. The second kappa shape index (κ2) is 13.0. The predicted molar refractivity (Wildman–Crippen MR) is 119 cm³/mol. The van der Waals surface area contributed by atoms with E-state index in [0.29, 0.717) is 0 Å². The van der Waals surface area contributed by atoms with Gasteiger partial charge in [0.1, 0.15) is 0 Å². The van der Waals surface area contributed by atoms with Gasteiger partial charge in [-0.15, -0.1) is 0 Å². The Morgan fingerprint density at radius 2 is 1.64 bits per heavy atom. The quantitative estimate of drug-likeness (QED) is 0.351. The first-order valence-electron chi connectivity index (χ1n) is 11.9. The number of hydrogen-bond acceptors (Lipinski definition) is 1. The fourth-order valence-electron chi connectivity index (χ4n) is 4.95. The fraction of sp³-hybridized carbons (Fsp3) is 0.731. The molecule has 0 bridgehead atoms. The van der Waals surface area contributed by atoms with Crippen LogP contribution in [0.15, 0.2) is 18.2 Å². The van der Waals surface area contributed by atoms with Crippen molar-refractivity contribution in [3.8, 4) is 0 Å². The molecule has 1 aliphatic rings. The van der Waals surface area contributed by atoms with Gasteiger partial charge in [-0.2, -0.15) is 0 Å². The van der Waals surface area contributed by atoms with E-state index in [9.17, 15) is 4.79 Å². The summed E-state index contributed by atoms with van der Waals surface area (Å²) in [5.74, 6) is 1.00. The summed E-state index contributed by atoms with van der Waals surface area (Å²) in [6.07, 6.45) is 18.8. The van der Waals surface area contributed by atoms with Crippen molar-refractivity contribution in [1.82, 2.24) is 0 Å². The van der Waals surface area contributed by atoms with E-state index in [0.717, 1.165) is 24.7 Å². The van der Waals surface area contributed by atoms with E-state index >= 15 is 0 Å². The summed E-state index contributed by atoms with van der Waals surface area (Å²) in [5.41, 5.74) is 4.23. The highest BCUT2D eigenvalue weighted by molar-refractivity contribution is 5.66. The highest BCUT2D eigenvalue weighted by Crippen LogP contribution is 2.39. The van der Waals surface area contributed by atoms with Gasteiger partial charge in [-0.05, 0) is 74.0 Å². The molecule has 1 saturated carbocycles. The average molecular weight is 387 g/mol. The Kier molecular flexibility index (Phi) is 10.7. The van der Waals surface area contributed by atoms with Crippen LogP contribution in [0.25, 0.3) is 0 Å². The lowest BCUT2D eigenvalue weighted by Gasteiger charge is -2.30. The van der Waals surface area contributed by atoms with E-state index < -0.39 is 5.97 Å². The molecule has 1 aliphatic carbocycles. The van der Waals surface area contributed by atoms with Crippen molar-refractivity contribution in [3.05, 3.63) is 34.9 Å². The maximum atomic E-state index is 10.7. The van der Waals surface area contributed by atoms with Gasteiger partial charge in [-0.25, -0.2) is 0 Å². The van der Waals surface area contributed by atoms with Crippen molar-refractivity contribution in [2.75, 3.05) is 0 Å². The number of carboxylic acid groups (broad SMARTS) is 1. The molecule has 0 aromatic heterocycles. The van der Waals surface area contributed by atoms with Gasteiger partial charge in [-0.1, -0.05) is 76.5 Å². The first-order valence-corrected chi connectivity index (χ1v) is 11.9. The van der Waals surface area contributed by atoms with Crippen LogP contribution in [-0.4, -0.2) is 11.1 Å². The zero-order chi connectivity index (χ0) is 20.2. The topological polar surface area (TPSA) is 37.3 Å². The van der Waals surface area contributed by atoms with Gasteiger partial charge in [0, 0.05) is 6.42 Å². The summed E-state index contributed by atoms with van der Waals surface area (Å²) in [6, 6.07) is 6.85. The monoisotopic (exact) mass is 386 g/mol. The highest BCUT2D eigenvalue weighted by Gasteiger charge is 2.23. The number of unbranched alkanes of at least 4 members (excludes halogenated alkanes) is 6. The lowest BCUT2D eigenvalue weighted by Crippen LogP contribution is -2.14. The molecular formula is C26H42O2. The summed E-state index contributed by atoms with van der Waals surface area (Å²) in [5, 5.41) is 8.79. The number of hydrogen-bond donors (Lipinski definition) is 1. The van der Waals surface area contributed by atoms with Crippen molar-refractivity contribution in [1.29, 1.82) is 0 Å². The normalized spacial score (nSPS) is 19.6. The lowest BCUT2D eigenvalue weighted by atomic mass is 9.76. The minimum atomic E-state index is -0.693. The molecule has 28 heavy (non-hydrogen) atoms. The Morgan fingerprint density at radius 3 is 2.29 bits per heavy atom. The van der Waals surface area contributed by atoms with E-state index in [1.807, 2.05) is 0 Å². The van der Waals surface area contributed by atoms with E-state index in [1.54, 1.807) is 0 Å². The van der Waals surface area contributed by atoms with Gasteiger partial charge >= 0.3 is 5.97 Å². The Hall–Kier alpha value is -1.31. The van der Waals surface area contributed by atoms with Crippen molar-refractivity contribution in [2.45, 2.75) is 116 Å². The van der Waals surface area contributed by atoms with Gasteiger partial charge in [0.25, 0.3) is 0 Å². The van der Waals surface area contributed by atoms with Gasteiger partial charge in [-0.3, -0.25) is 4.79 Å². The summed E-state index contributed by atoms with van der Waals surface area (Å²) in [7, 11) is 0. The minimum absolute atomic E-state index is 0.267. The predicted octanol–water partition coefficient (Wildman–Crippen LogP) is 7.82. The third-order valence-electron chi connectivity index (χ3n) is 6.69. The largest absolute Gasteiger partial charge is 0.481 e. The number of aliphatic carboxylic acids is 1. The van der Waals surface area contributed by atoms with E-state index in [2.05, 4.69) is 32.0 Å². The van der Waals surface area contributed by atoms with E-state index in [4.69, 9.17) is 5.11 Å². The highest BCUT2D eigenvalue weighted by atomic mass is 16.4. The smallest absolute Gasteiger partial charge is 0.303 e. The molecule has 0 atom stereocenters. The number of carbonyl (C=O) groups is 1. The van der Waals surface area contributed by atoms with Crippen molar-refractivity contribution >= 4 is 5.97 Å². The van der Waals surface area contributed by atoms with Gasteiger partial charge in [0.05, 0.1) is 0 Å². The summed E-state index contributed by atoms with van der Waals surface area (Å²) in [6.45, 7) is 4.52. The number of carboxylic acids is 1. The maximum Gasteiger partial charge on any atom is 0.303 e. The first kappa shape index (κ1) is 23.0. The van der Waals surface area contributed by atoms with Crippen LogP contribution in [0.5, 0.6) is 0 Å². The van der Waals surface area contributed by atoms with Crippen LogP contribution in [0.1, 0.15) is 119 Å². The molecule has 1 N–H and O–H groups in total. The zero-order valence-corrected chi connectivity index (χ0v) is 18.3. The van der Waals surface area contributed by atoms with Crippen LogP contribution in [0.4, 0.5) is 0 Å². The summed E-state index contributed by atoms with van der Waals surface area (Å²) >= 11 is 0. The second-order valence-corrected chi connectivity index (χ2v) is 9.07. The third kappa shape index (κ3) is 8.37. The molecule has 2 heteroatoms. The summed E-state index contributed by atoms with van der Waals surface area (Å²) in [4.78, 5) is 10.7. The van der Waals surface area contributed by atoms with Gasteiger partial charge in [0.15, 0.2) is 0 Å². The zero-order valence-electron chi connectivity index (χ0n) is 18.3. The Balaban J connectivity index is 1.67. The molecule has 0 aliphatic heterocycles. The average Bonchev–Trinajstić information content (AvgIpc) is 2.68. The molecule has 2 nitrogen and oxygen atoms in total. The van der Waals surface area contributed by atoms with Crippen LogP contribution in [0, 0.1) is 12.8 Å². The van der Waals surface area contributed by atoms with Crippen LogP contribution in [0.2, 0.25) is 0 Å². The molecule has 0 unspecified atom stereocenters. The molecule has 2 rings (SSSR count). The molecule has 0 amide bonds. The van der Waals surface area contributed by atoms with Crippen molar-refractivity contribution in [3.63, 3.8) is 0 Å². The second-order valence-electron chi connectivity index (χ2n) is 9.07. The SMILES string of the molecule is CCCCCCCCC[C@H]1CC[C@H](c2ccc(CCCC(=O)O)cc2C)CC1. The molecule has 0 saturated heterocycles. The molecule has 0 radical (unpaired) electrons. The standard InChI is InChI=1S/C26H42O2/c1-3-4-5-6-7-8-9-11-22-14-17-24(18-15-22)25-19-16-23(20-21(25)2)12-10-13-26(27)28/h16,19-20,22,24H,3-15,17-18H2,1-2H3,(H,27,28)/t22-,24-.